The van der Waals surface area contributed by atoms with Gasteiger partial charge in [-0.2, -0.15) is 5.26 Å². The van der Waals surface area contributed by atoms with Gasteiger partial charge >= 0.3 is 12.2 Å². The molecular formula is C33H42N4O5. The van der Waals surface area contributed by atoms with Gasteiger partial charge in [0.05, 0.1) is 5.56 Å². The van der Waals surface area contributed by atoms with Crippen molar-refractivity contribution in [2.45, 2.75) is 65.7 Å². The van der Waals surface area contributed by atoms with Crippen molar-refractivity contribution in [2.75, 3.05) is 26.2 Å². The van der Waals surface area contributed by atoms with Crippen molar-refractivity contribution in [3.05, 3.63) is 71.6 Å². The van der Waals surface area contributed by atoms with Gasteiger partial charge < -0.3 is 24.0 Å². The van der Waals surface area contributed by atoms with E-state index >= 15 is 0 Å². The van der Waals surface area contributed by atoms with Crippen LogP contribution in [0.25, 0.3) is 12.2 Å². The number of rotatable bonds is 9. The van der Waals surface area contributed by atoms with E-state index < -0.39 is 17.3 Å². The fourth-order valence-corrected chi connectivity index (χ4v) is 4.45. The van der Waals surface area contributed by atoms with Crippen LogP contribution >= 0.6 is 0 Å². The van der Waals surface area contributed by atoms with Gasteiger partial charge in [-0.25, -0.2) is 9.59 Å². The molecule has 1 atom stereocenters. The lowest BCUT2D eigenvalue weighted by molar-refractivity contribution is 0.0196. The summed E-state index contributed by atoms with van der Waals surface area (Å²) in [6.07, 6.45) is 8.65. The monoisotopic (exact) mass is 574 g/mol. The molecule has 1 aromatic heterocycles. The Hall–Kier alpha value is -4.32. The number of carbonyl (C=O) groups is 2. The third kappa shape index (κ3) is 10.6. The van der Waals surface area contributed by atoms with E-state index in [-0.39, 0.29) is 18.6 Å². The third-order valence-electron chi connectivity index (χ3n) is 6.15. The summed E-state index contributed by atoms with van der Waals surface area (Å²) < 4.78 is 17.2. The molecule has 0 radical (unpaired) electrons. The van der Waals surface area contributed by atoms with E-state index in [4.69, 9.17) is 14.2 Å². The van der Waals surface area contributed by atoms with Gasteiger partial charge in [-0.15, -0.1) is 0 Å². The molecule has 9 nitrogen and oxygen atoms in total. The molecule has 1 unspecified atom stereocenters. The molecule has 1 aromatic carbocycles. The van der Waals surface area contributed by atoms with Crippen LogP contribution < -0.4 is 4.74 Å². The number of amides is 2. The minimum atomic E-state index is -0.664. The lowest BCUT2D eigenvalue weighted by Gasteiger charge is -2.30. The van der Waals surface area contributed by atoms with Crippen molar-refractivity contribution in [2.24, 2.45) is 5.92 Å². The topological polar surface area (TPSA) is 105 Å². The SMILES string of the molecule is C=CCOc1cc(C=Cc2cncc(C#N)c2)cc(CN(CC2CCN(C(=O)OC(C)(C)C)C2)C(=O)OC(C)(C)C)c1. The predicted octanol–water partition coefficient (Wildman–Crippen LogP) is 6.68. The van der Waals surface area contributed by atoms with Crippen molar-refractivity contribution in [3.63, 3.8) is 0 Å². The molecule has 224 valence electrons. The molecular weight excluding hydrogens is 532 g/mol. The van der Waals surface area contributed by atoms with Crippen LogP contribution in [0, 0.1) is 17.2 Å². The minimum Gasteiger partial charge on any atom is -0.490 e. The van der Waals surface area contributed by atoms with Gasteiger partial charge in [-0.05, 0) is 94.8 Å². The molecule has 2 amide bonds. The second-order valence-corrected chi connectivity index (χ2v) is 12.4. The first-order valence-electron chi connectivity index (χ1n) is 14.1. The zero-order valence-electron chi connectivity index (χ0n) is 25.6. The second kappa shape index (κ2) is 14.0. The third-order valence-corrected chi connectivity index (χ3v) is 6.15. The summed E-state index contributed by atoms with van der Waals surface area (Å²) in [5, 5.41) is 9.18. The molecule has 0 saturated carbocycles. The van der Waals surface area contributed by atoms with Crippen LogP contribution in [-0.2, 0) is 16.0 Å². The molecule has 0 spiro atoms. The Morgan fingerprint density at radius 2 is 1.79 bits per heavy atom. The fourth-order valence-electron chi connectivity index (χ4n) is 4.45. The normalized spacial score (nSPS) is 15.3. The van der Waals surface area contributed by atoms with Gasteiger partial charge in [-0.1, -0.05) is 24.8 Å². The number of likely N-dealkylation sites (tertiary alicyclic amines) is 1. The highest BCUT2D eigenvalue weighted by Crippen LogP contribution is 2.25. The Morgan fingerprint density at radius 3 is 2.45 bits per heavy atom. The van der Waals surface area contributed by atoms with Crippen LogP contribution in [-0.4, -0.2) is 64.4 Å². The number of hydrogen-bond acceptors (Lipinski definition) is 7. The van der Waals surface area contributed by atoms with Crippen LogP contribution in [0.4, 0.5) is 9.59 Å². The molecule has 1 fully saturated rings. The van der Waals surface area contributed by atoms with E-state index in [1.54, 1.807) is 28.1 Å². The Kier molecular flexibility index (Phi) is 10.8. The Bertz CT molecular complexity index is 1330. The summed E-state index contributed by atoms with van der Waals surface area (Å²) in [4.78, 5) is 33.5. The molecule has 42 heavy (non-hydrogen) atoms. The smallest absolute Gasteiger partial charge is 0.410 e. The molecule has 1 saturated heterocycles. The summed E-state index contributed by atoms with van der Waals surface area (Å²) in [5.41, 5.74) is 1.74. The van der Waals surface area contributed by atoms with Crippen molar-refractivity contribution in [3.8, 4) is 11.8 Å². The van der Waals surface area contributed by atoms with E-state index in [0.717, 1.165) is 23.1 Å². The van der Waals surface area contributed by atoms with Crippen molar-refractivity contribution in [1.29, 1.82) is 5.26 Å². The Labute approximate surface area is 249 Å². The standard InChI is InChI=1S/C33H42N4O5/c1-8-13-40-29-16-24(9-10-25-15-28(18-34)20-35-19-25)14-27(17-29)23-37(31(39)42-33(5,6)7)22-26-11-12-36(21-26)30(38)41-32(2,3)4/h8-10,14-17,19-20,26H,1,11-13,21-23H2,2-7H3. The highest BCUT2D eigenvalue weighted by Gasteiger charge is 2.33. The summed E-state index contributed by atoms with van der Waals surface area (Å²) in [6.45, 7) is 16.9. The van der Waals surface area contributed by atoms with Gasteiger partial charge in [0.1, 0.15) is 29.6 Å². The number of carbonyl (C=O) groups excluding carboxylic acids is 2. The maximum atomic E-state index is 13.4. The van der Waals surface area contributed by atoms with Crippen LogP contribution in [0.3, 0.4) is 0 Å². The molecule has 1 aliphatic heterocycles. The number of aromatic nitrogens is 1. The highest BCUT2D eigenvalue weighted by molar-refractivity contribution is 5.72. The van der Waals surface area contributed by atoms with Crippen LogP contribution in [0.15, 0.2) is 49.3 Å². The number of nitrogens with zero attached hydrogens (tertiary/aromatic N) is 4. The van der Waals surface area contributed by atoms with Gasteiger partial charge in [0.15, 0.2) is 0 Å². The largest absolute Gasteiger partial charge is 0.490 e. The maximum absolute atomic E-state index is 13.4. The Morgan fingerprint density at radius 1 is 1.07 bits per heavy atom. The predicted molar refractivity (Wildman–Crippen MR) is 163 cm³/mol. The molecule has 9 heteroatoms. The molecule has 3 rings (SSSR count). The van der Waals surface area contributed by atoms with Gasteiger partial charge in [0.2, 0.25) is 0 Å². The van der Waals surface area contributed by atoms with E-state index in [1.165, 1.54) is 6.20 Å². The van der Waals surface area contributed by atoms with Crippen molar-refractivity contribution in [1.82, 2.24) is 14.8 Å². The average Bonchev–Trinajstić information content (AvgIpc) is 3.37. The molecule has 2 heterocycles. The first-order chi connectivity index (χ1) is 19.7. The number of hydrogen-bond donors (Lipinski definition) is 0. The summed E-state index contributed by atoms with van der Waals surface area (Å²) in [5.74, 6) is 0.710. The number of pyridine rings is 1. The zero-order valence-corrected chi connectivity index (χ0v) is 25.6. The number of ether oxygens (including phenoxy) is 3. The minimum absolute atomic E-state index is 0.0736. The summed E-state index contributed by atoms with van der Waals surface area (Å²) >= 11 is 0. The number of nitriles is 1. The molecule has 0 aliphatic carbocycles. The molecule has 0 N–H and O–H groups in total. The quantitative estimate of drug-likeness (QED) is 0.308. The molecule has 1 aliphatic rings. The van der Waals surface area contributed by atoms with E-state index in [1.807, 2.05) is 71.9 Å². The lowest BCUT2D eigenvalue weighted by Crippen LogP contribution is -2.40. The molecule has 0 bridgehead atoms. The first kappa shape index (κ1) is 32.2. The van der Waals surface area contributed by atoms with E-state index in [2.05, 4.69) is 17.6 Å². The van der Waals surface area contributed by atoms with Crippen LogP contribution in [0.1, 0.15) is 70.2 Å². The lowest BCUT2D eigenvalue weighted by atomic mass is 10.1. The van der Waals surface area contributed by atoms with Crippen LogP contribution in [0.2, 0.25) is 0 Å². The second-order valence-electron chi connectivity index (χ2n) is 12.4. The van der Waals surface area contributed by atoms with Gasteiger partial charge in [0.25, 0.3) is 0 Å². The van der Waals surface area contributed by atoms with Gasteiger partial charge in [-0.3, -0.25) is 4.98 Å². The fraction of sp³-hybridized carbons (Fsp3) is 0.455. The highest BCUT2D eigenvalue weighted by atomic mass is 16.6. The van der Waals surface area contributed by atoms with E-state index in [9.17, 15) is 14.9 Å². The van der Waals surface area contributed by atoms with E-state index in [0.29, 0.717) is 37.6 Å². The number of benzene rings is 1. The van der Waals surface area contributed by atoms with Crippen molar-refractivity contribution >= 4 is 24.3 Å². The molecule has 2 aromatic rings. The first-order valence-corrected chi connectivity index (χ1v) is 14.1. The maximum Gasteiger partial charge on any atom is 0.410 e. The van der Waals surface area contributed by atoms with Crippen molar-refractivity contribution < 1.29 is 23.8 Å². The average molecular weight is 575 g/mol. The van der Waals surface area contributed by atoms with Gasteiger partial charge in [0, 0.05) is 38.6 Å². The summed E-state index contributed by atoms with van der Waals surface area (Å²) in [7, 11) is 0. The summed E-state index contributed by atoms with van der Waals surface area (Å²) in [6, 6.07) is 9.64. The Balaban J connectivity index is 1.84. The van der Waals surface area contributed by atoms with Crippen LogP contribution in [0.5, 0.6) is 5.75 Å². The zero-order chi connectivity index (χ0) is 30.9.